The molecule has 1 aromatic rings. The maximum Gasteiger partial charge on any atom is 0.208 e. The van der Waals surface area contributed by atoms with E-state index < -0.39 is 0 Å². The molecule has 2 nitrogen and oxygen atoms in total. The van der Waals surface area contributed by atoms with Crippen LogP contribution in [-0.2, 0) is 0 Å². The van der Waals surface area contributed by atoms with Crippen molar-refractivity contribution in [3.05, 3.63) is 28.8 Å². The largest absolute Gasteiger partial charge is 0.497 e. The number of ether oxygens (including phenoxy) is 1. The Morgan fingerprint density at radius 2 is 2.00 bits per heavy atom. The lowest BCUT2D eigenvalue weighted by Gasteiger charge is -2.19. The van der Waals surface area contributed by atoms with Gasteiger partial charge in [0.15, 0.2) is 5.54 Å². The molecule has 2 rings (SSSR count). The third-order valence-electron chi connectivity index (χ3n) is 3.94. The summed E-state index contributed by atoms with van der Waals surface area (Å²) >= 11 is 0. The Hall–Kier alpha value is -1.31. The predicted octanol–water partition coefficient (Wildman–Crippen LogP) is 1.56. The highest BCUT2D eigenvalue weighted by atomic mass is 16.5. The molecule has 0 unspecified atom stereocenters. The number of fused-ring (bicyclic) bond motifs is 1. The molecule has 1 aliphatic rings. The molecule has 0 fully saturated rings. The molecule has 92 valence electrons. The Morgan fingerprint density at radius 3 is 2.59 bits per heavy atom. The Bertz CT molecular complexity index is 555. The van der Waals surface area contributed by atoms with Crippen LogP contribution in [0.4, 0.5) is 0 Å². The smallest absolute Gasteiger partial charge is 0.208 e. The van der Waals surface area contributed by atoms with Crippen molar-refractivity contribution in [2.24, 2.45) is 0 Å². The van der Waals surface area contributed by atoms with Gasteiger partial charge in [-0.15, -0.1) is 0 Å². The van der Waals surface area contributed by atoms with Crippen LogP contribution in [0.1, 0.15) is 34.1 Å². The molecule has 2 heteroatoms. The zero-order chi connectivity index (χ0) is 12.6. The van der Waals surface area contributed by atoms with E-state index in [0.29, 0.717) is 0 Å². The van der Waals surface area contributed by atoms with E-state index in [9.17, 15) is 0 Å². The van der Waals surface area contributed by atoms with E-state index >= 15 is 0 Å². The highest BCUT2D eigenvalue weighted by Crippen LogP contribution is 2.21. The lowest BCUT2D eigenvalue weighted by Crippen LogP contribution is -2.44. The quantitative estimate of drug-likeness (QED) is 0.720. The Kier molecular flexibility index (Phi) is 2.98. The number of hydrogen-bond donors (Lipinski definition) is 0. The van der Waals surface area contributed by atoms with Crippen molar-refractivity contribution >= 4 is 5.57 Å². The molecule has 0 atom stereocenters. The molecule has 0 saturated heterocycles. The van der Waals surface area contributed by atoms with E-state index in [0.717, 1.165) is 12.3 Å². The molecular formula is C15H22NO+. The van der Waals surface area contributed by atoms with Gasteiger partial charge in [-0.25, -0.2) is 4.58 Å². The summed E-state index contributed by atoms with van der Waals surface area (Å²) in [7, 11) is 1.72. The van der Waals surface area contributed by atoms with Crippen molar-refractivity contribution in [3.8, 4) is 5.75 Å². The average molecular weight is 232 g/mol. The molecule has 0 N–H and O–H groups in total. The number of rotatable bonds is 3. The summed E-state index contributed by atoms with van der Waals surface area (Å²) < 4.78 is 7.82. The van der Waals surface area contributed by atoms with Gasteiger partial charge < -0.3 is 4.74 Å². The second kappa shape index (κ2) is 4.17. The first-order valence-corrected chi connectivity index (χ1v) is 6.32. The van der Waals surface area contributed by atoms with Gasteiger partial charge in [0.25, 0.3) is 0 Å². The Morgan fingerprint density at radius 1 is 1.29 bits per heavy atom. The van der Waals surface area contributed by atoms with Crippen molar-refractivity contribution in [1.29, 1.82) is 0 Å². The van der Waals surface area contributed by atoms with Crippen LogP contribution in [-0.4, -0.2) is 19.2 Å². The van der Waals surface area contributed by atoms with Crippen molar-refractivity contribution in [1.82, 2.24) is 4.58 Å². The predicted molar refractivity (Wildman–Crippen MR) is 71.8 cm³/mol. The SMILES string of the molecule is CCC[N+]1=c2ccc(OC)cc2=C(C)C1(C)C. The van der Waals surface area contributed by atoms with E-state index in [-0.39, 0.29) is 5.54 Å². The van der Waals surface area contributed by atoms with E-state index in [1.54, 1.807) is 7.11 Å². The van der Waals surface area contributed by atoms with Crippen LogP contribution in [0.25, 0.3) is 5.57 Å². The molecule has 0 aliphatic carbocycles. The average Bonchev–Trinajstić information content (AvgIpc) is 2.51. The van der Waals surface area contributed by atoms with Crippen LogP contribution < -0.4 is 19.9 Å². The standard InChI is InChI=1S/C15H22NO/c1-6-9-16-14-8-7-12(17-5)10-13(14)11(2)15(16,3)4/h7-8,10H,6,9H2,1-5H3/q+1. The van der Waals surface area contributed by atoms with Gasteiger partial charge >= 0.3 is 0 Å². The van der Waals surface area contributed by atoms with Gasteiger partial charge in [-0.1, -0.05) is 6.92 Å². The van der Waals surface area contributed by atoms with Gasteiger partial charge in [0, 0.05) is 31.9 Å². The first-order chi connectivity index (χ1) is 8.02. The summed E-state index contributed by atoms with van der Waals surface area (Å²) in [5, 5.41) is 2.68. The molecule has 0 bridgehead atoms. The lowest BCUT2D eigenvalue weighted by atomic mass is 9.95. The number of methoxy groups -OCH3 is 1. The summed E-state index contributed by atoms with van der Waals surface area (Å²) in [5.74, 6) is 0.942. The summed E-state index contributed by atoms with van der Waals surface area (Å²) in [6, 6.07) is 6.39. The second-order valence-corrected chi connectivity index (χ2v) is 5.22. The molecule has 1 heterocycles. The Balaban J connectivity index is 2.77. The minimum absolute atomic E-state index is 0.116. The summed E-state index contributed by atoms with van der Waals surface area (Å²) in [5.41, 5.74) is 1.55. The third kappa shape index (κ3) is 1.76. The maximum atomic E-state index is 5.32. The zero-order valence-corrected chi connectivity index (χ0v) is 11.5. The van der Waals surface area contributed by atoms with Gasteiger partial charge in [-0.3, -0.25) is 0 Å². The van der Waals surface area contributed by atoms with E-state index in [1.165, 1.54) is 22.6 Å². The molecule has 0 amide bonds. The first-order valence-electron chi connectivity index (χ1n) is 6.32. The first kappa shape index (κ1) is 12.2. The van der Waals surface area contributed by atoms with Crippen molar-refractivity contribution in [2.45, 2.75) is 39.7 Å². The molecule has 1 aromatic carbocycles. The van der Waals surface area contributed by atoms with Gasteiger partial charge in [-0.2, -0.15) is 0 Å². The van der Waals surface area contributed by atoms with Crippen LogP contribution in [0.15, 0.2) is 18.2 Å². The van der Waals surface area contributed by atoms with Crippen LogP contribution in [0, 0.1) is 0 Å². The van der Waals surface area contributed by atoms with E-state index in [2.05, 4.69) is 50.5 Å². The van der Waals surface area contributed by atoms with Gasteiger partial charge in [0.2, 0.25) is 5.36 Å². The second-order valence-electron chi connectivity index (χ2n) is 5.22. The van der Waals surface area contributed by atoms with Crippen LogP contribution in [0.3, 0.4) is 0 Å². The fourth-order valence-corrected chi connectivity index (χ4v) is 2.63. The highest BCUT2D eigenvalue weighted by molar-refractivity contribution is 5.56. The van der Waals surface area contributed by atoms with E-state index in [1.807, 2.05) is 0 Å². The monoisotopic (exact) mass is 232 g/mol. The Labute approximate surface area is 103 Å². The minimum Gasteiger partial charge on any atom is -0.497 e. The highest BCUT2D eigenvalue weighted by Gasteiger charge is 2.37. The summed E-state index contributed by atoms with van der Waals surface area (Å²) in [6.07, 6.45) is 1.17. The maximum absolute atomic E-state index is 5.32. The van der Waals surface area contributed by atoms with Crippen LogP contribution in [0.2, 0.25) is 0 Å². The lowest BCUT2D eigenvalue weighted by molar-refractivity contribution is 0.410. The zero-order valence-electron chi connectivity index (χ0n) is 11.5. The number of hydrogen-bond acceptors (Lipinski definition) is 1. The van der Waals surface area contributed by atoms with Gasteiger partial charge in [-0.05, 0) is 19.1 Å². The number of nitrogens with zero attached hydrogens (tertiary/aromatic N) is 1. The molecule has 0 saturated carbocycles. The fourth-order valence-electron chi connectivity index (χ4n) is 2.63. The molecule has 0 aromatic heterocycles. The molecule has 17 heavy (non-hydrogen) atoms. The van der Waals surface area contributed by atoms with Crippen LogP contribution in [0.5, 0.6) is 5.75 Å². The summed E-state index contributed by atoms with van der Waals surface area (Å²) in [6.45, 7) is 10.2. The molecular weight excluding hydrogens is 210 g/mol. The fraction of sp³-hybridized carbons (Fsp3) is 0.533. The van der Waals surface area contributed by atoms with Crippen molar-refractivity contribution in [2.75, 3.05) is 13.7 Å². The molecule has 1 aliphatic heterocycles. The van der Waals surface area contributed by atoms with Gasteiger partial charge in [0.05, 0.1) is 12.3 Å². The minimum atomic E-state index is 0.116. The van der Waals surface area contributed by atoms with Crippen molar-refractivity contribution < 1.29 is 4.74 Å². The molecule has 0 radical (unpaired) electrons. The topological polar surface area (TPSA) is 12.2 Å². The number of benzene rings is 1. The van der Waals surface area contributed by atoms with Crippen molar-refractivity contribution in [3.63, 3.8) is 0 Å². The molecule has 0 spiro atoms. The van der Waals surface area contributed by atoms with Gasteiger partial charge in [0.1, 0.15) is 12.3 Å². The van der Waals surface area contributed by atoms with Crippen LogP contribution >= 0.6 is 0 Å². The summed E-state index contributed by atoms with van der Waals surface area (Å²) in [4.78, 5) is 0. The third-order valence-corrected chi connectivity index (χ3v) is 3.94. The van der Waals surface area contributed by atoms with E-state index in [4.69, 9.17) is 4.74 Å². The normalized spacial score (nSPS) is 17.2.